The van der Waals surface area contributed by atoms with Crippen molar-refractivity contribution in [1.82, 2.24) is 0 Å². The van der Waals surface area contributed by atoms with Gasteiger partial charge in [-0.25, -0.2) is 0 Å². The second-order valence-electron chi connectivity index (χ2n) is 13.7. The van der Waals surface area contributed by atoms with Crippen molar-refractivity contribution in [3.05, 3.63) is 188 Å². The van der Waals surface area contributed by atoms with Gasteiger partial charge in [-0.3, -0.25) is 0 Å². The van der Waals surface area contributed by atoms with E-state index in [9.17, 15) is 0 Å². The van der Waals surface area contributed by atoms with Gasteiger partial charge in [0.05, 0.1) is 11.4 Å². The molecule has 11 aromatic rings. The van der Waals surface area contributed by atoms with E-state index in [1.54, 1.807) is 0 Å². The first-order valence-corrected chi connectivity index (χ1v) is 17.8. The zero-order chi connectivity index (χ0) is 34.2. The zero-order valence-corrected chi connectivity index (χ0v) is 28.3. The third-order valence-corrected chi connectivity index (χ3v) is 10.8. The number of rotatable bonds is 4. The van der Waals surface area contributed by atoms with Crippen LogP contribution < -0.4 is 4.90 Å². The van der Waals surface area contributed by atoms with Gasteiger partial charge < -0.3 is 9.32 Å². The molecule has 10 aromatic carbocycles. The Morgan fingerprint density at radius 1 is 0.308 bits per heavy atom. The molecule has 2 heteroatoms. The van der Waals surface area contributed by atoms with Crippen molar-refractivity contribution in [3.63, 3.8) is 0 Å². The van der Waals surface area contributed by atoms with Gasteiger partial charge in [-0.15, -0.1) is 0 Å². The van der Waals surface area contributed by atoms with Crippen molar-refractivity contribution in [2.75, 3.05) is 4.90 Å². The molecular formula is C50H31NO. The lowest BCUT2D eigenvalue weighted by Gasteiger charge is -2.30. The summed E-state index contributed by atoms with van der Waals surface area (Å²) in [5.41, 5.74) is 7.41. The van der Waals surface area contributed by atoms with E-state index in [0.717, 1.165) is 50.1 Å². The molecule has 0 atom stereocenters. The van der Waals surface area contributed by atoms with Crippen LogP contribution >= 0.6 is 0 Å². The van der Waals surface area contributed by atoms with Gasteiger partial charge in [0, 0.05) is 27.4 Å². The summed E-state index contributed by atoms with van der Waals surface area (Å²) in [6.45, 7) is 0. The fourth-order valence-electron chi connectivity index (χ4n) is 8.40. The van der Waals surface area contributed by atoms with E-state index in [1.165, 1.54) is 53.9 Å². The van der Waals surface area contributed by atoms with Gasteiger partial charge in [-0.2, -0.15) is 0 Å². The van der Waals surface area contributed by atoms with Crippen LogP contribution in [0.2, 0.25) is 0 Å². The highest BCUT2D eigenvalue weighted by atomic mass is 16.3. The Balaban J connectivity index is 1.23. The largest absolute Gasteiger partial charge is 0.456 e. The second kappa shape index (κ2) is 11.3. The average molecular weight is 662 g/mol. The van der Waals surface area contributed by atoms with Gasteiger partial charge in [0.25, 0.3) is 0 Å². The van der Waals surface area contributed by atoms with Gasteiger partial charge >= 0.3 is 0 Å². The third-order valence-electron chi connectivity index (χ3n) is 10.8. The van der Waals surface area contributed by atoms with Crippen LogP contribution in [0.1, 0.15) is 0 Å². The lowest BCUT2D eigenvalue weighted by Crippen LogP contribution is -2.12. The van der Waals surface area contributed by atoms with Crippen LogP contribution in [0.5, 0.6) is 0 Å². The second-order valence-corrected chi connectivity index (χ2v) is 13.7. The SMILES string of the molecule is c1ccc(N(c2ccc3c(ccc4ccccc43)c2)c2cc3ccccc3c3ccccc23)c(-c2cccc3oc4cc5ccccc5cc4c23)c1. The van der Waals surface area contributed by atoms with E-state index in [-0.39, 0.29) is 0 Å². The number of benzene rings is 10. The van der Waals surface area contributed by atoms with Crippen LogP contribution in [-0.4, -0.2) is 0 Å². The fourth-order valence-corrected chi connectivity index (χ4v) is 8.40. The van der Waals surface area contributed by atoms with E-state index in [0.29, 0.717) is 0 Å². The maximum atomic E-state index is 6.57. The molecule has 0 aliphatic carbocycles. The predicted molar refractivity (Wildman–Crippen MR) is 221 cm³/mol. The number of para-hydroxylation sites is 1. The number of anilines is 3. The van der Waals surface area contributed by atoms with Crippen molar-refractivity contribution in [3.8, 4) is 11.1 Å². The molecule has 1 aromatic heterocycles. The molecule has 0 N–H and O–H groups in total. The Labute approximate surface area is 300 Å². The summed E-state index contributed by atoms with van der Waals surface area (Å²) in [5, 5.41) is 14.5. The van der Waals surface area contributed by atoms with Gasteiger partial charge in [0.15, 0.2) is 0 Å². The molecule has 0 fully saturated rings. The minimum atomic E-state index is 0.887. The standard InChI is InChI=1S/C50H31NO/c1-2-14-34-31-49-45(29-33(34)13-1)50-44(21-11-23-48(50)52-49)43-20-9-10-22-46(43)51(37-26-27-40-36(28-37)25-24-32-12-3-5-16-38(32)40)47-30-35-15-4-6-17-39(35)41-18-7-8-19-42(41)47/h1-31H. The van der Waals surface area contributed by atoms with Crippen LogP contribution in [0.4, 0.5) is 17.1 Å². The number of furan rings is 1. The van der Waals surface area contributed by atoms with E-state index in [1.807, 2.05) is 0 Å². The van der Waals surface area contributed by atoms with Gasteiger partial charge in [-0.1, -0.05) is 146 Å². The number of fused-ring (bicyclic) bond motifs is 10. The minimum absolute atomic E-state index is 0.887. The fraction of sp³-hybridized carbons (Fsp3) is 0. The molecule has 11 rings (SSSR count). The molecule has 0 radical (unpaired) electrons. The normalized spacial score (nSPS) is 11.8. The number of hydrogen-bond acceptors (Lipinski definition) is 2. The van der Waals surface area contributed by atoms with E-state index in [2.05, 4.69) is 193 Å². The molecule has 0 aliphatic heterocycles. The molecule has 0 spiro atoms. The quantitative estimate of drug-likeness (QED) is 0.175. The Kier molecular flexibility index (Phi) is 6.28. The van der Waals surface area contributed by atoms with Crippen molar-refractivity contribution >= 4 is 92.9 Å². The Hall–Kier alpha value is -6.90. The van der Waals surface area contributed by atoms with Gasteiger partial charge in [0.2, 0.25) is 0 Å². The summed E-state index contributed by atoms with van der Waals surface area (Å²) in [7, 11) is 0. The van der Waals surface area contributed by atoms with Crippen LogP contribution in [0.25, 0.3) is 86.9 Å². The first-order valence-electron chi connectivity index (χ1n) is 17.8. The highest BCUT2D eigenvalue weighted by molar-refractivity contribution is 6.19. The zero-order valence-electron chi connectivity index (χ0n) is 28.3. The lowest BCUT2D eigenvalue weighted by molar-refractivity contribution is 0.669. The van der Waals surface area contributed by atoms with Gasteiger partial charge in [0.1, 0.15) is 11.2 Å². The molecule has 1 heterocycles. The Morgan fingerprint density at radius 3 is 1.75 bits per heavy atom. The van der Waals surface area contributed by atoms with Crippen molar-refractivity contribution in [2.45, 2.75) is 0 Å². The lowest BCUT2D eigenvalue weighted by atomic mass is 9.94. The van der Waals surface area contributed by atoms with Crippen LogP contribution in [0.3, 0.4) is 0 Å². The molecule has 0 aliphatic rings. The predicted octanol–water partition coefficient (Wildman–Crippen LogP) is 14.5. The van der Waals surface area contributed by atoms with Crippen molar-refractivity contribution in [2.24, 2.45) is 0 Å². The molecule has 0 saturated heterocycles. The summed E-state index contributed by atoms with van der Waals surface area (Å²) in [6, 6.07) is 68.2. The highest BCUT2D eigenvalue weighted by Gasteiger charge is 2.23. The summed E-state index contributed by atoms with van der Waals surface area (Å²) in [6.07, 6.45) is 0. The van der Waals surface area contributed by atoms with E-state index in [4.69, 9.17) is 4.42 Å². The first kappa shape index (κ1) is 28.9. The summed E-state index contributed by atoms with van der Waals surface area (Å²) in [5.74, 6) is 0. The van der Waals surface area contributed by atoms with E-state index < -0.39 is 0 Å². The summed E-state index contributed by atoms with van der Waals surface area (Å²) < 4.78 is 6.57. The van der Waals surface area contributed by atoms with Gasteiger partial charge in [-0.05, 0) is 96.5 Å². The van der Waals surface area contributed by atoms with E-state index >= 15 is 0 Å². The van der Waals surface area contributed by atoms with Crippen LogP contribution in [-0.2, 0) is 0 Å². The summed E-state index contributed by atoms with van der Waals surface area (Å²) in [4.78, 5) is 2.47. The Morgan fingerprint density at radius 2 is 0.904 bits per heavy atom. The topological polar surface area (TPSA) is 16.4 Å². The maximum absolute atomic E-state index is 6.57. The Bertz CT molecular complexity index is 3210. The number of nitrogens with zero attached hydrogens (tertiary/aromatic N) is 1. The smallest absolute Gasteiger partial charge is 0.136 e. The van der Waals surface area contributed by atoms with Crippen LogP contribution in [0.15, 0.2) is 192 Å². The molecule has 0 unspecified atom stereocenters. The molecule has 242 valence electrons. The average Bonchev–Trinajstić information content (AvgIpc) is 3.58. The number of hydrogen-bond donors (Lipinski definition) is 0. The minimum Gasteiger partial charge on any atom is -0.456 e. The van der Waals surface area contributed by atoms with Crippen molar-refractivity contribution < 1.29 is 4.42 Å². The molecular weight excluding hydrogens is 631 g/mol. The molecule has 0 saturated carbocycles. The summed E-state index contributed by atoms with van der Waals surface area (Å²) >= 11 is 0. The van der Waals surface area contributed by atoms with Crippen molar-refractivity contribution in [1.29, 1.82) is 0 Å². The monoisotopic (exact) mass is 661 g/mol. The molecule has 52 heavy (non-hydrogen) atoms. The van der Waals surface area contributed by atoms with Crippen LogP contribution in [0, 0.1) is 0 Å². The molecule has 2 nitrogen and oxygen atoms in total. The third kappa shape index (κ3) is 4.38. The highest BCUT2D eigenvalue weighted by Crippen LogP contribution is 2.48. The first-order chi connectivity index (χ1) is 25.8. The maximum Gasteiger partial charge on any atom is 0.136 e. The molecule has 0 amide bonds. The molecule has 0 bridgehead atoms.